The molecule has 0 spiro atoms. The van der Waals surface area contributed by atoms with Crippen molar-refractivity contribution in [3.8, 4) is 22.5 Å². The number of aromatic nitrogens is 4. The van der Waals surface area contributed by atoms with Crippen molar-refractivity contribution in [2.45, 2.75) is 0 Å². The molecular weight excluding hydrogens is 296 g/mol. The van der Waals surface area contributed by atoms with Gasteiger partial charge in [-0.2, -0.15) is 10.2 Å². The highest BCUT2D eigenvalue weighted by molar-refractivity contribution is 5.89. The lowest BCUT2D eigenvalue weighted by Crippen LogP contribution is -1.91. The van der Waals surface area contributed by atoms with Crippen molar-refractivity contribution in [1.82, 2.24) is 19.4 Å². The van der Waals surface area contributed by atoms with E-state index in [1.165, 1.54) is 12.3 Å². The Labute approximate surface area is 130 Å². The van der Waals surface area contributed by atoms with Crippen LogP contribution < -0.4 is 0 Å². The van der Waals surface area contributed by atoms with Gasteiger partial charge in [-0.25, -0.2) is 9.31 Å². The molecule has 114 valence electrons. The van der Waals surface area contributed by atoms with Gasteiger partial charge in [-0.1, -0.05) is 0 Å². The summed E-state index contributed by atoms with van der Waals surface area (Å²) >= 11 is 0. The third-order valence-electron chi connectivity index (χ3n) is 3.67. The van der Waals surface area contributed by atoms with Crippen molar-refractivity contribution in [3.63, 3.8) is 0 Å². The molecule has 0 aliphatic heterocycles. The molecule has 23 heavy (non-hydrogen) atoms. The van der Waals surface area contributed by atoms with E-state index in [0.717, 1.165) is 22.2 Å². The molecule has 0 radical (unpaired) electrons. The van der Waals surface area contributed by atoms with Gasteiger partial charge in [0.25, 0.3) is 0 Å². The summed E-state index contributed by atoms with van der Waals surface area (Å²) in [6.45, 7) is 0. The predicted molar refractivity (Wildman–Crippen MR) is 82.1 cm³/mol. The first-order valence-corrected chi connectivity index (χ1v) is 6.90. The highest BCUT2D eigenvalue weighted by Crippen LogP contribution is 2.28. The summed E-state index contributed by atoms with van der Waals surface area (Å²) in [6.07, 6.45) is 8.52. The molecule has 0 saturated carbocycles. The lowest BCUT2D eigenvalue weighted by atomic mass is 10.1. The van der Waals surface area contributed by atoms with Gasteiger partial charge in [0.1, 0.15) is 12.0 Å². The molecule has 0 bridgehead atoms. The van der Waals surface area contributed by atoms with E-state index in [1.54, 1.807) is 21.6 Å². The number of aromatic carboxylic acids is 1. The number of fused-ring (bicyclic) bond motifs is 1. The second-order valence-corrected chi connectivity index (χ2v) is 5.21. The summed E-state index contributed by atoms with van der Waals surface area (Å²) in [5.41, 5.74) is 3.72. The highest BCUT2D eigenvalue weighted by Gasteiger charge is 2.13. The topological polar surface area (TPSA) is 85.6 Å². The van der Waals surface area contributed by atoms with E-state index in [-0.39, 0.29) is 5.56 Å². The zero-order valence-corrected chi connectivity index (χ0v) is 12.2. The van der Waals surface area contributed by atoms with Crippen LogP contribution in [0.5, 0.6) is 0 Å². The van der Waals surface area contributed by atoms with Crippen molar-refractivity contribution < 1.29 is 14.3 Å². The molecule has 0 aromatic carbocycles. The molecule has 0 saturated heterocycles. The minimum atomic E-state index is -1.01. The number of carboxylic acid groups (broad SMARTS) is 1. The molecule has 4 heterocycles. The quantitative estimate of drug-likeness (QED) is 0.629. The number of carbonyl (C=O) groups is 1. The van der Waals surface area contributed by atoms with Crippen molar-refractivity contribution in [1.29, 1.82) is 0 Å². The maximum Gasteiger partial charge on any atom is 0.338 e. The summed E-state index contributed by atoms with van der Waals surface area (Å²) in [6, 6.07) is 5.26. The predicted octanol–water partition coefficient (Wildman–Crippen LogP) is 2.69. The standard InChI is InChI=1S/C16H12N4O3/c1-19-8-12(6-17-19)13-7-18-20-3-2-10(4-14(13)20)15-5-11(9-23-15)16(21)22/h2-9H,1H3,(H,21,22). The molecule has 0 atom stereocenters. The first-order valence-electron chi connectivity index (χ1n) is 6.90. The second-order valence-electron chi connectivity index (χ2n) is 5.21. The molecule has 0 aliphatic rings. The largest absolute Gasteiger partial charge is 0.478 e. The van der Waals surface area contributed by atoms with Gasteiger partial charge >= 0.3 is 5.97 Å². The van der Waals surface area contributed by atoms with Gasteiger partial charge in [0.2, 0.25) is 0 Å². The zero-order chi connectivity index (χ0) is 16.0. The molecule has 4 rings (SSSR count). The highest BCUT2D eigenvalue weighted by atomic mass is 16.4. The summed E-state index contributed by atoms with van der Waals surface area (Å²) in [4.78, 5) is 11.0. The Kier molecular flexibility index (Phi) is 2.80. The van der Waals surface area contributed by atoms with Crippen LogP contribution in [0.1, 0.15) is 10.4 Å². The Bertz CT molecular complexity index is 1020. The molecule has 0 aliphatic carbocycles. The van der Waals surface area contributed by atoms with Crippen LogP contribution in [0.4, 0.5) is 0 Å². The van der Waals surface area contributed by atoms with Gasteiger partial charge in [0.15, 0.2) is 0 Å². The number of hydrogen-bond donors (Lipinski definition) is 1. The monoisotopic (exact) mass is 308 g/mol. The number of hydrogen-bond acceptors (Lipinski definition) is 4. The fourth-order valence-electron chi connectivity index (χ4n) is 2.52. The molecule has 1 N–H and O–H groups in total. The normalized spacial score (nSPS) is 11.2. The van der Waals surface area contributed by atoms with E-state index in [4.69, 9.17) is 9.52 Å². The minimum Gasteiger partial charge on any atom is -0.478 e. The van der Waals surface area contributed by atoms with Crippen molar-refractivity contribution in [2.24, 2.45) is 7.05 Å². The number of rotatable bonds is 3. The number of nitrogens with zero attached hydrogens (tertiary/aromatic N) is 4. The van der Waals surface area contributed by atoms with Crippen LogP contribution in [-0.4, -0.2) is 30.5 Å². The fraction of sp³-hybridized carbons (Fsp3) is 0.0625. The number of carboxylic acids is 1. The molecule has 4 aromatic heterocycles. The maximum absolute atomic E-state index is 11.0. The minimum absolute atomic E-state index is 0.126. The van der Waals surface area contributed by atoms with E-state index in [9.17, 15) is 4.79 Å². The molecule has 0 fully saturated rings. The van der Waals surface area contributed by atoms with Crippen LogP contribution >= 0.6 is 0 Å². The lowest BCUT2D eigenvalue weighted by Gasteiger charge is -2.00. The van der Waals surface area contributed by atoms with Crippen molar-refractivity contribution >= 4 is 11.5 Å². The Morgan fingerprint density at radius 1 is 1.22 bits per heavy atom. The van der Waals surface area contributed by atoms with Gasteiger partial charge in [0, 0.05) is 36.1 Å². The van der Waals surface area contributed by atoms with Crippen LogP contribution in [0.3, 0.4) is 0 Å². The average molecular weight is 308 g/mol. The first kappa shape index (κ1) is 13.3. The van der Waals surface area contributed by atoms with Gasteiger partial charge in [-0.05, 0) is 18.2 Å². The summed E-state index contributed by atoms with van der Waals surface area (Å²) in [5, 5.41) is 17.5. The van der Waals surface area contributed by atoms with Gasteiger partial charge in [-0.3, -0.25) is 4.68 Å². The van der Waals surface area contributed by atoms with Gasteiger partial charge in [0.05, 0.1) is 23.5 Å². The third-order valence-corrected chi connectivity index (χ3v) is 3.67. The van der Waals surface area contributed by atoms with Crippen LogP contribution in [0.2, 0.25) is 0 Å². The Hall–Kier alpha value is -3.35. The Morgan fingerprint density at radius 2 is 2.09 bits per heavy atom. The second kappa shape index (κ2) is 4.84. The molecule has 7 heteroatoms. The van der Waals surface area contributed by atoms with E-state index < -0.39 is 5.97 Å². The first-order chi connectivity index (χ1) is 11.1. The van der Waals surface area contributed by atoms with Crippen molar-refractivity contribution in [3.05, 3.63) is 54.8 Å². The SMILES string of the molecule is Cn1cc(-c2cnn3ccc(-c4cc(C(=O)O)co4)cc23)cn1. The average Bonchev–Trinajstić information content (AvgIpc) is 3.24. The summed E-state index contributed by atoms with van der Waals surface area (Å²) in [5.74, 6) is -0.510. The Balaban J connectivity index is 1.84. The number of furan rings is 1. The molecule has 4 aromatic rings. The maximum atomic E-state index is 11.0. The lowest BCUT2D eigenvalue weighted by molar-refractivity contribution is 0.0696. The molecule has 0 amide bonds. The van der Waals surface area contributed by atoms with E-state index >= 15 is 0 Å². The van der Waals surface area contributed by atoms with Crippen LogP contribution in [0, 0.1) is 0 Å². The van der Waals surface area contributed by atoms with Crippen molar-refractivity contribution in [2.75, 3.05) is 0 Å². The third kappa shape index (κ3) is 2.18. The van der Waals surface area contributed by atoms with Crippen LogP contribution in [-0.2, 0) is 7.05 Å². The fourth-order valence-corrected chi connectivity index (χ4v) is 2.52. The number of pyridine rings is 1. The van der Waals surface area contributed by atoms with E-state index in [1.807, 2.05) is 31.6 Å². The van der Waals surface area contributed by atoms with E-state index in [0.29, 0.717) is 5.76 Å². The molecule has 0 unspecified atom stereocenters. The smallest absolute Gasteiger partial charge is 0.338 e. The summed E-state index contributed by atoms with van der Waals surface area (Å²) < 4.78 is 8.85. The zero-order valence-electron chi connectivity index (χ0n) is 12.2. The van der Waals surface area contributed by atoms with Gasteiger partial charge < -0.3 is 9.52 Å². The van der Waals surface area contributed by atoms with E-state index in [2.05, 4.69) is 10.2 Å². The van der Waals surface area contributed by atoms with Gasteiger partial charge in [-0.15, -0.1) is 0 Å². The Morgan fingerprint density at radius 3 is 2.78 bits per heavy atom. The summed E-state index contributed by atoms with van der Waals surface area (Å²) in [7, 11) is 1.86. The number of aryl methyl sites for hydroxylation is 1. The molecular formula is C16H12N4O3. The van der Waals surface area contributed by atoms with Crippen LogP contribution in [0.25, 0.3) is 28.0 Å². The van der Waals surface area contributed by atoms with Crippen LogP contribution in [0.15, 0.2) is 53.7 Å². The molecule has 7 nitrogen and oxygen atoms in total.